The van der Waals surface area contributed by atoms with E-state index in [1.165, 1.54) is 16.8 Å². The van der Waals surface area contributed by atoms with Gasteiger partial charge in [0.1, 0.15) is 0 Å². The van der Waals surface area contributed by atoms with Crippen molar-refractivity contribution in [2.45, 2.75) is 33.2 Å². The summed E-state index contributed by atoms with van der Waals surface area (Å²) in [6.45, 7) is 7.26. The third kappa shape index (κ3) is 3.70. The standard InChI is InChI=1S/C16H22BrN3/c1-5-18-16(10-15-8-12(3)19-20(15)4)13-6-11(2)7-14(17)9-13/h6-9,16,18H,5,10H2,1-4H3. The van der Waals surface area contributed by atoms with Crippen LogP contribution in [-0.2, 0) is 13.5 Å². The summed E-state index contributed by atoms with van der Waals surface area (Å²) in [4.78, 5) is 0. The van der Waals surface area contributed by atoms with Gasteiger partial charge in [0.2, 0.25) is 0 Å². The topological polar surface area (TPSA) is 29.9 Å². The molecular weight excluding hydrogens is 314 g/mol. The van der Waals surface area contributed by atoms with Crippen LogP contribution in [0.25, 0.3) is 0 Å². The zero-order valence-electron chi connectivity index (χ0n) is 12.6. The SMILES string of the molecule is CCNC(Cc1cc(C)nn1C)c1cc(C)cc(Br)c1. The maximum Gasteiger partial charge on any atom is 0.0596 e. The molecule has 3 nitrogen and oxygen atoms in total. The molecule has 0 aliphatic carbocycles. The molecule has 0 amide bonds. The summed E-state index contributed by atoms with van der Waals surface area (Å²) in [6, 6.07) is 9.06. The molecule has 0 aliphatic rings. The molecule has 0 radical (unpaired) electrons. The maximum absolute atomic E-state index is 4.43. The van der Waals surface area contributed by atoms with Crippen molar-refractivity contribution in [2.24, 2.45) is 7.05 Å². The Labute approximate surface area is 129 Å². The van der Waals surface area contributed by atoms with Crippen LogP contribution in [0, 0.1) is 13.8 Å². The quantitative estimate of drug-likeness (QED) is 0.902. The van der Waals surface area contributed by atoms with Gasteiger partial charge in [0.05, 0.1) is 5.69 Å². The van der Waals surface area contributed by atoms with Gasteiger partial charge < -0.3 is 5.32 Å². The Balaban J connectivity index is 2.28. The van der Waals surface area contributed by atoms with Crippen molar-refractivity contribution >= 4 is 15.9 Å². The highest BCUT2D eigenvalue weighted by molar-refractivity contribution is 9.10. The van der Waals surface area contributed by atoms with E-state index >= 15 is 0 Å². The first-order valence-corrected chi connectivity index (χ1v) is 7.79. The number of rotatable bonds is 5. The van der Waals surface area contributed by atoms with Gasteiger partial charge in [0.15, 0.2) is 0 Å². The predicted octanol–water partition coefficient (Wildman–Crippen LogP) is 3.69. The number of aromatic nitrogens is 2. The van der Waals surface area contributed by atoms with Gasteiger partial charge in [-0.3, -0.25) is 4.68 Å². The Kier molecular flexibility index (Phi) is 5.00. The van der Waals surface area contributed by atoms with Gasteiger partial charge in [0, 0.05) is 29.7 Å². The molecule has 2 rings (SSSR count). The van der Waals surface area contributed by atoms with E-state index in [0.29, 0.717) is 6.04 Å². The van der Waals surface area contributed by atoms with Crippen LogP contribution in [0.4, 0.5) is 0 Å². The van der Waals surface area contributed by atoms with E-state index in [1.807, 2.05) is 18.7 Å². The third-order valence-electron chi connectivity index (χ3n) is 3.43. The van der Waals surface area contributed by atoms with Crippen molar-refractivity contribution in [3.8, 4) is 0 Å². The molecule has 2 aromatic rings. The van der Waals surface area contributed by atoms with Gasteiger partial charge in [-0.25, -0.2) is 0 Å². The first-order chi connectivity index (χ1) is 9.49. The molecule has 1 unspecified atom stereocenters. The Morgan fingerprint density at radius 3 is 2.55 bits per heavy atom. The Morgan fingerprint density at radius 2 is 2.00 bits per heavy atom. The highest BCUT2D eigenvalue weighted by Gasteiger charge is 2.14. The van der Waals surface area contributed by atoms with Crippen LogP contribution in [0.5, 0.6) is 0 Å². The van der Waals surface area contributed by atoms with E-state index in [9.17, 15) is 0 Å². The highest BCUT2D eigenvalue weighted by Crippen LogP contribution is 2.24. The van der Waals surface area contributed by atoms with E-state index in [0.717, 1.165) is 23.1 Å². The molecule has 20 heavy (non-hydrogen) atoms. The number of halogens is 1. The second kappa shape index (κ2) is 6.55. The first kappa shape index (κ1) is 15.3. The number of likely N-dealkylation sites (N-methyl/N-ethyl adjacent to an activating group) is 1. The zero-order chi connectivity index (χ0) is 14.7. The Hall–Kier alpha value is -1.13. The van der Waals surface area contributed by atoms with Gasteiger partial charge in [0.25, 0.3) is 0 Å². The molecule has 0 saturated carbocycles. The van der Waals surface area contributed by atoms with E-state index in [2.05, 4.69) is 64.5 Å². The molecule has 0 aliphatic heterocycles. The number of hydrogen-bond donors (Lipinski definition) is 1. The summed E-state index contributed by atoms with van der Waals surface area (Å²) >= 11 is 3.59. The van der Waals surface area contributed by atoms with Gasteiger partial charge >= 0.3 is 0 Å². The predicted molar refractivity (Wildman–Crippen MR) is 86.9 cm³/mol. The van der Waals surface area contributed by atoms with Crippen LogP contribution in [-0.4, -0.2) is 16.3 Å². The smallest absolute Gasteiger partial charge is 0.0596 e. The molecule has 0 saturated heterocycles. The summed E-state index contributed by atoms with van der Waals surface area (Å²) < 4.78 is 3.11. The molecule has 1 heterocycles. The monoisotopic (exact) mass is 335 g/mol. The molecule has 1 atom stereocenters. The van der Waals surface area contributed by atoms with Crippen molar-refractivity contribution in [3.63, 3.8) is 0 Å². The van der Waals surface area contributed by atoms with Gasteiger partial charge in [-0.15, -0.1) is 0 Å². The highest BCUT2D eigenvalue weighted by atomic mass is 79.9. The van der Waals surface area contributed by atoms with Crippen molar-refractivity contribution < 1.29 is 0 Å². The van der Waals surface area contributed by atoms with Gasteiger partial charge in [-0.2, -0.15) is 5.10 Å². The summed E-state index contributed by atoms with van der Waals surface area (Å²) in [6.07, 6.45) is 0.946. The normalized spacial score (nSPS) is 12.7. The summed E-state index contributed by atoms with van der Waals surface area (Å²) in [5.74, 6) is 0. The van der Waals surface area contributed by atoms with Crippen molar-refractivity contribution in [3.05, 3.63) is 51.3 Å². The fourth-order valence-corrected chi connectivity index (χ4v) is 3.21. The molecule has 0 fully saturated rings. The molecule has 1 aromatic carbocycles. The van der Waals surface area contributed by atoms with Gasteiger partial charge in [-0.1, -0.05) is 28.9 Å². The summed E-state index contributed by atoms with van der Waals surface area (Å²) in [5.41, 5.74) is 4.92. The molecular formula is C16H22BrN3. The summed E-state index contributed by atoms with van der Waals surface area (Å²) in [7, 11) is 2.01. The van der Waals surface area contributed by atoms with Crippen molar-refractivity contribution in [2.75, 3.05) is 6.54 Å². The number of aryl methyl sites for hydroxylation is 3. The lowest BCUT2D eigenvalue weighted by Crippen LogP contribution is -2.24. The minimum Gasteiger partial charge on any atom is -0.310 e. The van der Waals surface area contributed by atoms with E-state index < -0.39 is 0 Å². The van der Waals surface area contributed by atoms with Crippen LogP contribution >= 0.6 is 15.9 Å². The maximum atomic E-state index is 4.43. The second-order valence-corrected chi connectivity index (χ2v) is 6.19. The van der Waals surface area contributed by atoms with E-state index in [4.69, 9.17) is 0 Å². The van der Waals surface area contributed by atoms with E-state index in [-0.39, 0.29) is 0 Å². The second-order valence-electron chi connectivity index (χ2n) is 5.28. The molecule has 1 aromatic heterocycles. The van der Waals surface area contributed by atoms with Crippen LogP contribution in [0.2, 0.25) is 0 Å². The van der Waals surface area contributed by atoms with Crippen LogP contribution in [0.15, 0.2) is 28.7 Å². The largest absolute Gasteiger partial charge is 0.310 e. The van der Waals surface area contributed by atoms with E-state index in [1.54, 1.807) is 0 Å². The van der Waals surface area contributed by atoms with Crippen molar-refractivity contribution in [1.82, 2.24) is 15.1 Å². The number of nitrogens with zero attached hydrogens (tertiary/aromatic N) is 2. The fourth-order valence-electron chi connectivity index (χ4n) is 2.58. The minimum atomic E-state index is 0.311. The number of hydrogen-bond acceptors (Lipinski definition) is 2. The van der Waals surface area contributed by atoms with Crippen LogP contribution in [0.1, 0.15) is 35.5 Å². The third-order valence-corrected chi connectivity index (χ3v) is 3.89. The van der Waals surface area contributed by atoms with Crippen LogP contribution < -0.4 is 5.32 Å². The first-order valence-electron chi connectivity index (χ1n) is 6.99. The average Bonchev–Trinajstić information content (AvgIpc) is 2.66. The molecule has 0 bridgehead atoms. The Bertz CT molecular complexity index is 569. The summed E-state index contributed by atoms with van der Waals surface area (Å²) in [5, 5.41) is 8.01. The Morgan fingerprint density at radius 1 is 1.25 bits per heavy atom. The number of benzene rings is 1. The molecule has 108 valence electrons. The molecule has 0 spiro atoms. The minimum absolute atomic E-state index is 0.311. The fraction of sp³-hybridized carbons (Fsp3) is 0.438. The van der Waals surface area contributed by atoms with Gasteiger partial charge in [-0.05, 0) is 49.7 Å². The molecule has 4 heteroatoms. The lowest BCUT2D eigenvalue weighted by atomic mass is 10.00. The lowest BCUT2D eigenvalue weighted by molar-refractivity contribution is 0.528. The average molecular weight is 336 g/mol. The lowest BCUT2D eigenvalue weighted by Gasteiger charge is -2.19. The molecule has 1 N–H and O–H groups in total. The zero-order valence-corrected chi connectivity index (χ0v) is 14.2. The number of nitrogens with one attached hydrogen (secondary N) is 1. The van der Waals surface area contributed by atoms with Crippen molar-refractivity contribution in [1.29, 1.82) is 0 Å². The van der Waals surface area contributed by atoms with Crippen LogP contribution in [0.3, 0.4) is 0 Å².